The van der Waals surface area contributed by atoms with Gasteiger partial charge in [0.05, 0.1) is 12.5 Å². The van der Waals surface area contributed by atoms with Gasteiger partial charge in [-0.25, -0.2) is 0 Å². The van der Waals surface area contributed by atoms with Crippen molar-refractivity contribution in [1.82, 2.24) is 20.4 Å². The number of likely N-dealkylation sites (tertiary alicyclic amines) is 1. The summed E-state index contributed by atoms with van der Waals surface area (Å²) in [4.78, 5) is 24.2. The maximum atomic E-state index is 11.7. The summed E-state index contributed by atoms with van der Waals surface area (Å²) in [6, 6.07) is -0.520. The zero-order valence-corrected chi connectivity index (χ0v) is 11.8. The van der Waals surface area contributed by atoms with Crippen molar-refractivity contribution in [1.29, 1.82) is 0 Å². The average molecular weight is 281 g/mol. The van der Waals surface area contributed by atoms with E-state index in [1.54, 1.807) is 0 Å². The molecule has 2 amide bonds. The predicted molar refractivity (Wildman–Crippen MR) is 70.8 cm³/mol. The number of hydrogen-bond donors (Lipinski definition) is 2. The molecule has 2 unspecified atom stereocenters. The van der Waals surface area contributed by atoms with Crippen molar-refractivity contribution in [2.45, 2.75) is 38.8 Å². The molecule has 0 aliphatic carbocycles. The first kappa shape index (κ1) is 14.4. The Hall–Kier alpha value is -1.96. The lowest BCUT2D eigenvalue weighted by molar-refractivity contribution is -0.136. The number of rotatable bonds is 6. The van der Waals surface area contributed by atoms with Gasteiger partial charge in [-0.1, -0.05) is 12.0 Å². The van der Waals surface area contributed by atoms with Crippen molar-refractivity contribution in [2.75, 3.05) is 18.9 Å². The van der Waals surface area contributed by atoms with Crippen LogP contribution in [0.1, 0.15) is 38.6 Å². The molecule has 0 saturated carbocycles. The third kappa shape index (κ3) is 2.96. The minimum atomic E-state index is -0.625. The van der Waals surface area contributed by atoms with E-state index in [-0.39, 0.29) is 30.3 Å². The van der Waals surface area contributed by atoms with E-state index in [2.05, 4.69) is 27.8 Å². The number of likely N-dealkylation sites (N-methyl/N-ethyl adjacent to an activating group) is 1. The Labute approximate surface area is 116 Å². The molecule has 8 heteroatoms. The molecule has 1 aliphatic rings. The van der Waals surface area contributed by atoms with Gasteiger partial charge in [0.15, 0.2) is 0 Å². The molecule has 0 spiro atoms. The smallest absolute Gasteiger partial charge is 0.316 e. The van der Waals surface area contributed by atoms with Crippen LogP contribution in [-0.2, 0) is 9.59 Å². The molecule has 1 fully saturated rings. The van der Waals surface area contributed by atoms with E-state index >= 15 is 0 Å². The first-order valence-electron chi connectivity index (χ1n) is 6.66. The second-order valence-electron chi connectivity index (χ2n) is 4.81. The lowest BCUT2D eigenvalue weighted by atomic mass is 10.2. The van der Waals surface area contributed by atoms with E-state index < -0.39 is 6.04 Å². The van der Waals surface area contributed by atoms with Gasteiger partial charge in [-0.15, -0.1) is 5.10 Å². The van der Waals surface area contributed by atoms with Gasteiger partial charge in [-0.3, -0.25) is 14.5 Å². The van der Waals surface area contributed by atoms with Crippen molar-refractivity contribution in [3.8, 4) is 0 Å². The topological polar surface area (TPSA) is 100 Å². The highest BCUT2D eigenvalue weighted by atomic mass is 16.4. The van der Waals surface area contributed by atoms with Gasteiger partial charge in [0.2, 0.25) is 11.8 Å². The number of amides is 2. The maximum Gasteiger partial charge on any atom is 0.316 e. The summed E-state index contributed by atoms with van der Waals surface area (Å²) in [6.45, 7) is 4.84. The van der Waals surface area contributed by atoms with Crippen LogP contribution < -0.4 is 10.6 Å². The van der Waals surface area contributed by atoms with E-state index in [1.165, 1.54) is 7.05 Å². The van der Waals surface area contributed by atoms with Gasteiger partial charge < -0.3 is 15.1 Å². The quantitative estimate of drug-likeness (QED) is 0.723. The lowest BCUT2D eigenvalue weighted by Gasteiger charge is -2.09. The molecule has 110 valence electrons. The number of anilines is 1. The summed E-state index contributed by atoms with van der Waals surface area (Å²) in [5, 5.41) is 13.8. The lowest BCUT2D eigenvalue weighted by Crippen LogP contribution is -2.31. The number of imide groups is 1. The highest BCUT2D eigenvalue weighted by Crippen LogP contribution is 2.18. The molecule has 1 aromatic rings. The minimum absolute atomic E-state index is 0.0541. The predicted octanol–water partition coefficient (Wildman–Crippen LogP) is 0.299. The summed E-state index contributed by atoms with van der Waals surface area (Å²) in [6.07, 6.45) is 1.12. The van der Waals surface area contributed by atoms with Crippen LogP contribution in [0.5, 0.6) is 0 Å². The molecule has 2 rings (SSSR count). The Morgan fingerprint density at radius 3 is 2.80 bits per heavy atom. The molecular weight excluding hydrogens is 262 g/mol. The summed E-state index contributed by atoms with van der Waals surface area (Å²) in [7, 11) is 1.46. The van der Waals surface area contributed by atoms with Crippen LogP contribution in [-0.4, -0.2) is 46.5 Å². The molecule has 2 atom stereocenters. The minimum Gasteiger partial charge on any atom is -0.406 e. The second-order valence-corrected chi connectivity index (χ2v) is 4.81. The molecule has 1 saturated heterocycles. The third-order valence-electron chi connectivity index (χ3n) is 3.19. The summed E-state index contributed by atoms with van der Waals surface area (Å²) < 4.78 is 5.45. The van der Waals surface area contributed by atoms with Crippen molar-refractivity contribution >= 4 is 17.8 Å². The number of nitrogens with zero attached hydrogens (tertiary/aromatic N) is 3. The monoisotopic (exact) mass is 281 g/mol. The number of carbonyl (C=O) groups is 2. The number of aromatic nitrogens is 2. The fourth-order valence-electron chi connectivity index (χ4n) is 1.93. The normalized spacial score (nSPS) is 20.6. The third-order valence-corrected chi connectivity index (χ3v) is 3.19. The highest BCUT2D eigenvalue weighted by molar-refractivity contribution is 6.06. The van der Waals surface area contributed by atoms with E-state index in [0.29, 0.717) is 5.89 Å². The van der Waals surface area contributed by atoms with E-state index in [9.17, 15) is 9.59 Å². The van der Waals surface area contributed by atoms with E-state index in [4.69, 9.17) is 4.42 Å². The van der Waals surface area contributed by atoms with Crippen LogP contribution in [0.2, 0.25) is 0 Å². The van der Waals surface area contributed by atoms with Crippen molar-refractivity contribution < 1.29 is 14.0 Å². The maximum absolute atomic E-state index is 11.7. The fourth-order valence-corrected chi connectivity index (χ4v) is 1.93. The number of hydrogen-bond acceptors (Lipinski definition) is 7. The van der Waals surface area contributed by atoms with E-state index in [0.717, 1.165) is 17.9 Å². The average Bonchev–Trinajstić information content (AvgIpc) is 2.98. The Balaban J connectivity index is 1.96. The molecule has 1 aromatic heterocycles. The molecule has 0 radical (unpaired) electrons. The Morgan fingerprint density at radius 2 is 2.20 bits per heavy atom. The second kappa shape index (κ2) is 6.00. The van der Waals surface area contributed by atoms with Crippen LogP contribution in [0, 0.1) is 0 Å². The molecular formula is C12H19N5O3. The number of carbonyl (C=O) groups excluding carboxylic acids is 2. The molecule has 0 bridgehead atoms. The van der Waals surface area contributed by atoms with Gasteiger partial charge in [-0.2, -0.15) is 0 Å². The van der Waals surface area contributed by atoms with Crippen molar-refractivity contribution in [2.24, 2.45) is 0 Å². The Morgan fingerprint density at radius 1 is 1.45 bits per heavy atom. The largest absolute Gasteiger partial charge is 0.406 e. The van der Waals surface area contributed by atoms with Crippen LogP contribution in [0.3, 0.4) is 0 Å². The van der Waals surface area contributed by atoms with Crippen LogP contribution in [0.25, 0.3) is 0 Å². The standard InChI is InChI=1S/C12H19N5O3/c1-4-5-13-7(2)10-15-16-12(20-10)14-8-6-9(18)17(3)11(8)19/h7-8,13H,4-6H2,1-3H3,(H,14,16). The zero-order valence-electron chi connectivity index (χ0n) is 11.8. The van der Waals surface area contributed by atoms with Gasteiger partial charge in [0.1, 0.15) is 6.04 Å². The van der Waals surface area contributed by atoms with Gasteiger partial charge >= 0.3 is 6.01 Å². The zero-order chi connectivity index (χ0) is 14.7. The van der Waals surface area contributed by atoms with Crippen LogP contribution >= 0.6 is 0 Å². The van der Waals surface area contributed by atoms with Crippen LogP contribution in [0.15, 0.2) is 4.42 Å². The Kier molecular flexibility index (Phi) is 4.33. The first-order chi connectivity index (χ1) is 9.52. The Bertz CT molecular complexity index is 501. The molecule has 20 heavy (non-hydrogen) atoms. The summed E-state index contributed by atoms with van der Waals surface area (Å²) in [5.74, 6) is -0.0526. The fraction of sp³-hybridized carbons (Fsp3) is 0.667. The van der Waals surface area contributed by atoms with Crippen molar-refractivity contribution in [3.63, 3.8) is 0 Å². The van der Waals surface area contributed by atoms with Gasteiger partial charge in [-0.05, 0) is 19.9 Å². The van der Waals surface area contributed by atoms with Crippen molar-refractivity contribution in [3.05, 3.63) is 5.89 Å². The highest BCUT2D eigenvalue weighted by Gasteiger charge is 2.36. The summed E-state index contributed by atoms with van der Waals surface area (Å²) in [5.41, 5.74) is 0. The molecule has 0 aromatic carbocycles. The number of nitrogens with one attached hydrogen (secondary N) is 2. The first-order valence-corrected chi connectivity index (χ1v) is 6.66. The van der Waals surface area contributed by atoms with Gasteiger partial charge in [0, 0.05) is 7.05 Å². The molecule has 1 aliphatic heterocycles. The van der Waals surface area contributed by atoms with E-state index in [1.807, 2.05) is 6.92 Å². The molecule has 2 heterocycles. The van der Waals surface area contributed by atoms with Gasteiger partial charge in [0.25, 0.3) is 5.91 Å². The molecule has 8 nitrogen and oxygen atoms in total. The summed E-state index contributed by atoms with van der Waals surface area (Å²) >= 11 is 0. The molecule has 2 N–H and O–H groups in total. The SMILES string of the molecule is CCCNC(C)c1nnc(NC2CC(=O)N(C)C2=O)o1. The van der Waals surface area contributed by atoms with Crippen LogP contribution in [0.4, 0.5) is 6.01 Å².